The van der Waals surface area contributed by atoms with E-state index in [4.69, 9.17) is 0 Å². The van der Waals surface area contributed by atoms with Crippen LogP contribution >= 0.6 is 0 Å². The Hall–Kier alpha value is -3.12. The van der Waals surface area contributed by atoms with Crippen LogP contribution in [0, 0.1) is 0 Å². The van der Waals surface area contributed by atoms with Gasteiger partial charge in [-0.1, -0.05) is 56.3 Å². The van der Waals surface area contributed by atoms with Crippen LogP contribution in [-0.2, 0) is 16.0 Å². The molecule has 2 atom stereocenters. The second-order valence-electron chi connectivity index (χ2n) is 13.2. The van der Waals surface area contributed by atoms with Gasteiger partial charge in [0.05, 0.1) is 6.04 Å². The molecule has 1 aromatic heterocycles. The lowest BCUT2D eigenvalue weighted by Crippen LogP contribution is -2.69. The molecule has 2 N–H and O–H groups in total. The van der Waals surface area contributed by atoms with Gasteiger partial charge in [0.25, 0.3) is 0 Å². The summed E-state index contributed by atoms with van der Waals surface area (Å²) < 4.78 is 0. The first-order chi connectivity index (χ1) is 17.9. The smallest absolute Gasteiger partial charge is 0.246 e. The van der Waals surface area contributed by atoms with Crippen molar-refractivity contribution in [1.29, 1.82) is 0 Å². The summed E-state index contributed by atoms with van der Waals surface area (Å²) in [6.45, 7) is 13.3. The number of amides is 2. The fraction of sp³-hybridized carbons (Fsp3) is 0.500. The molecule has 3 aliphatic rings. The summed E-state index contributed by atoms with van der Waals surface area (Å²) >= 11 is 0. The Morgan fingerprint density at radius 2 is 1.58 bits per heavy atom. The van der Waals surface area contributed by atoms with E-state index in [2.05, 4.69) is 94.3 Å². The van der Waals surface area contributed by atoms with Gasteiger partial charge in [-0.05, 0) is 69.2 Å². The van der Waals surface area contributed by atoms with Gasteiger partial charge in [-0.3, -0.25) is 9.59 Å². The zero-order valence-electron chi connectivity index (χ0n) is 23.5. The van der Waals surface area contributed by atoms with Crippen molar-refractivity contribution in [2.75, 3.05) is 6.54 Å². The third-order valence-electron chi connectivity index (χ3n) is 8.82. The minimum atomic E-state index is -0.501. The van der Waals surface area contributed by atoms with Crippen LogP contribution in [0.3, 0.4) is 0 Å². The molecule has 6 rings (SSSR count). The lowest BCUT2D eigenvalue weighted by Gasteiger charge is -2.53. The van der Waals surface area contributed by atoms with Crippen molar-refractivity contribution in [2.45, 2.75) is 95.9 Å². The summed E-state index contributed by atoms with van der Waals surface area (Å²) in [7, 11) is 0. The van der Waals surface area contributed by atoms with E-state index >= 15 is 0 Å². The van der Waals surface area contributed by atoms with Crippen LogP contribution in [0.15, 0.2) is 48.5 Å². The molecule has 0 saturated carbocycles. The molecule has 3 aliphatic heterocycles. The molecule has 2 saturated heterocycles. The zero-order valence-corrected chi connectivity index (χ0v) is 23.5. The van der Waals surface area contributed by atoms with Gasteiger partial charge in [-0.2, -0.15) is 0 Å². The number of benzene rings is 2. The minimum absolute atomic E-state index is 0.0333. The molecule has 6 nitrogen and oxygen atoms in total. The number of piperazine rings is 1. The Bertz CT molecular complexity index is 1380. The van der Waals surface area contributed by atoms with Crippen molar-refractivity contribution >= 4 is 22.7 Å². The van der Waals surface area contributed by atoms with Crippen molar-refractivity contribution in [3.05, 3.63) is 70.9 Å². The Kier molecular flexibility index (Phi) is 5.76. The number of carbonyl (C=O) groups excluding carboxylic acids is 2. The summed E-state index contributed by atoms with van der Waals surface area (Å²) in [4.78, 5) is 35.8. The average molecular weight is 513 g/mol. The lowest BCUT2D eigenvalue weighted by atomic mass is 9.78. The van der Waals surface area contributed by atoms with E-state index in [9.17, 15) is 9.59 Å². The number of hydrogen-bond acceptors (Lipinski definition) is 3. The molecule has 4 heterocycles. The molecule has 0 radical (unpaired) electrons. The number of nitrogens with one attached hydrogen (secondary N) is 2. The van der Waals surface area contributed by atoms with Crippen molar-refractivity contribution in [2.24, 2.45) is 0 Å². The number of aromatic nitrogens is 1. The van der Waals surface area contributed by atoms with Gasteiger partial charge in [0.2, 0.25) is 11.8 Å². The van der Waals surface area contributed by atoms with Crippen LogP contribution in [0.4, 0.5) is 0 Å². The fourth-order valence-electron chi connectivity index (χ4n) is 7.49. The molecule has 0 spiro atoms. The maximum atomic E-state index is 14.3. The van der Waals surface area contributed by atoms with Crippen molar-refractivity contribution in [1.82, 2.24) is 20.1 Å². The Morgan fingerprint density at radius 1 is 0.921 bits per heavy atom. The topological polar surface area (TPSA) is 68.4 Å². The van der Waals surface area contributed by atoms with Gasteiger partial charge < -0.3 is 20.1 Å². The molecule has 0 bridgehead atoms. The first-order valence-electron chi connectivity index (χ1n) is 14.0. The summed E-state index contributed by atoms with van der Waals surface area (Å²) in [5, 5.41) is 4.86. The van der Waals surface area contributed by atoms with Gasteiger partial charge in [0, 0.05) is 40.1 Å². The average Bonchev–Trinajstić information content (AvgIpc) is 3.21. The number of hydrogen-bond donors (Lipinski definition) is 2. The minimum Gasteiger partial charge on any atom is -0.356 e. The predicted molar refractivity (Wildman–Crippen MR) is 151 cm³/mol. The molecule has 3 aromatic rings. The molecule has 0 aliphatic carbocycles. The number of carbonyl (C=O) groups is 2. The maximum Gasteiger partial charge on any atom is 0.246 e. The second-order valence-corrected chi connectivity index (χ2v) is 13.2. The van der Waals surface area contributed by atoms with Crippen LogP contribution < -0.4 is 5.32 Å². The van der Waals surface area contributed by atoms with Crippen molar-refractivity contribution in [3.8, 4) is 0 Å². The van der Waals surface area contributed by atoms with Crippen LogP contribution in [0.25, 0.3) is 10.9 Å². The van der Waals surface area contributed by atoms with Crippen molar-refractivity contribution < 1.29 is 9.59 Å². The first-order valence-corrected chi connectivity index (χ1v) is 14.0. The Balaban J connectivity index is 1.44. The van der Waals surface area contributed by atoms with Gasteiger partial charge in [-0.15, -0.1) is 0 Å². The molecular weight excluding hydrogens is 472 g/mol. The SMILES string of the molecule is CC(C)c1ccc(C2c3[nH]c4ccccc4c3C[C@H]3C(=O)N(C4CC(C)(C)NC(C)(C)C4)CC(=O)N23)cc1. The van der Waals surface area contributed by atoms with Gasteiger partial charge >= 0.3 is 0 Å². The van der Waals surface area contributed by atoms with E-state index in [1.165, 1.54) is 5.56 Å². The second kappa shape index (κ2) is 8.70. The number of aromatic amines is 1. The summed E-state index contributed by atoms with van der Waals surface area (Å²) in [6, 6.07) is 16.1. The number of rotatable bonds is 3. The number of piperidine rings is 1. The van der Waals surface area contributed by atoms with Gasteiger partial charge in [0.15, 0.2) is 0 Å². The van der Waals surface area contributed by atoms with Crippen LogP contribution in [0.5, 0.6) is 0 Å². The molecular formula is C32H40N4O2. The predicted octanol–water partition coefficient (Wildman–Crippen LogP) is 5.29. The number of nitrogens with zero attached hydrogens (tertiary/aromatic N) is 2. The van der Waals surface area contributed by atoms with Gasteiger partial charge in [0.1, 0.15) is 12.6 Å². The summed E-state index contributed by atoms with van der Waals surface area (Å²) in [6.07, 6.45) is 2.21. The number of H-pyrrole nitrogens is 1. The van der Waals surface area contributed by atoms with E-state index in [1.54, 1.807) is 0 Å². The van der Waals surface area contributed by atoms with E-state index < -0.39 is 6.04 Å². The van der Waals surface area contributed by atoms with Crippen LogP contribution in [0.1, 0.15) is 88.7 Å². The first kappa shape index (κ1) is 25.2. The van der Waals surface area contributed by atoms with E-state index in [0.29, 0.717) is 12.3 Å². The van der Waals surface area contributed by atoms with E-state index in [-0.39, 0.29) is 41.5 Å². The molecule has 1 unspecified atom stereocenters. The molecule has 2 amide bonds. The highest BCUT2D eigenvalue weighted by Gasteiger charge is 2.51. The van der Waals surface area contributed by atoms with Gasteiger partial charge in [-0.25, -0.2) is 0 Å². The zero-order chi connectivity index (χ0) is 27.0. The monoisotopic (exact) mass is 512 g/mol. The third kappa shape index (κ3) is 4.14. The van der Waals surface area contributed by atoms with E-state index in [0.717, 1.165) is 40.6 Å². The summed E-state index contributed by atoms with van der Waals surface area (Å²) in [5.41, 5.74) is 5.35. The molecule has 2 aromatic carbocycles. The quantitative estimate of drug-likeness (QED) is 0.501. The third-order valence-corrected chi connectivity index (χ3v) is 8.82. The van der Waals surface area contributed by atoms with Crippen molar-refractivity contribution in [3.63, 3.8) is 0 Å². The number of fused-ring (bicyclic) bond motifs is 4. The summed E-state index contributed by atoms with van der Waals surface area (Å²) in [5.74, 6) is 0.547. The largest absolute Gasteiger partial charge is 0.356 e. The Labute approximate surface area is 225 Å². The number of para-hydroxylation sites is 1. The van der Waals surface area contributed by atoms with E-state index in [1.807, 2.05) is 15.9 Å². The lowest BCUT2D eigenvalue weighted by molar-refractivity contribution is -0.162. The Morgan fingerprint density at radius 3 is 2.24 bits per heavy atom. The highest BCUT2D eigenvalue weighted by Crippen LogP contribution is 2.44. The highest BCUT2D eigenvalue weighted by atomic mass is 16.2. The molecule has 38 heavy (non-hydrogen) atoms. The molecule has 200 valence electrons. The fourth-order valence-corrected chi connectivity index (χ4v) is 7.49. The maximum absolute atomic E-state index is 14.3. The molecule has 2 fully saturated rings. The molecule has 6 heteroatoms. The highest BCUT2D eigenvalue weighted by molar-refractivity contribution is 5.98. The standard InChI is InChI=1S/C32H40N4O2/c1-19(2)20-11-13-21(14-12-20)29-28-24(23-9-7-8-10-25(23)33-28)15-26-30(38)35(18-27(37)36(26)29)22-16-31(3,4)34-32(5,6)17-22/h7-14,19,22,26,29,33-34H,15-18H2,1-6H3/t26-,29?/m0/s1. The van der Waals surface area contributed by atoms with Crippen LogP contribution in [0.2, 0.25) is 0 Å². The normalized spacial score (nSPS) is 25.1. The van der Waals surface area contributed by atoms with Crippen LogP contribution in [-0.4, -0.2) is 56.3 Å².